The molecule has 0 radical (unpaired) electrons. The number of aromatic nitrogens is 1. The third-order valence-corrected chi connectivity index (χ3v) is 3.26. The van der Waals surface area contributed by atoms with Crippen LogP contribution in [0.2, 0.25) is 0 Å². The van der Waals surface area contributed by atoms with Crippen molar-refractivity contribution in [2.75, 3.05) is 0 Å². The Morgan fingerprint density at radius 2 is 1.82 bits per heavy atom. The normalized spacial score (nSPS) is 10.4. The highest BCUT2D eigenvalue weighted by Gasteiger charge is 2.10. The Morgan fingerprint density at radius 1 is 1.09 bits per heavy atom. The molecule has 0 saturated heterocycles. The van der Waals surface area contributed by atoms with E-state index in [-0.39, 0.29) is 12.6 Å². The van der Waals surface area contributed by atoms with Gasteiger partial charge in [0.1, 0.15) is 12.3 Å². The molecule has 0 bridgehead atoms. The van der Waals surface area contributed by atoms with E-state index in [1.807, 2.05) is 49.4 Å². The molecule has 2 aromatic carbocycles. The largest absolute Gasteiger partial charge is 0.455 e. The summed E-state index contributed by atoms with van der Waals surface area (Å²) in [6.45, 7) is 2.05. The SMILES string of the molecule is Cc1ccc(C(=O)OCc2cc(-c3ccccc3)on2)cc1. The Kier molecular flexibility index (Phi) is 4.01. The van der Waals surface area contributed by atoms with E-state index in [0.717, 1.165) is 11.1 Å². The standard InChI is InChI=1S/C18H15NO3/c1-13-7-9-15(10-8-13)18(20)21-12-16-11-17(22-19-16)14-5-3-2-4-6-14/h2-11H,12H2,1H3. The Morgan fingerprint density at radius 3 is 2.55 bits per heavy atom. The quantitative estimate of drug-likeness (QED) is 0.682. The molecule has 0 N–H and O–H groups in total. The van der Waals surface area contributed by atoms with E-state index in [1.54, 1.807) is 18.2 Å². The minimum Gasteiger partial charge on any atom is -0.455 e. The van der Waals surface area contributed by atoms with E-state index in [2.05, 4.69) is 5.16 Å². The summed E-state index contributed by atoms with van der Waals surface area (Å²) in [4.78, 5) is 11.9. The van der Waals surface area contributed by atoms with Gasteiger partial charge in [-0.1, -0.05) is 53.2 Å². The van der Waals surface area contributed by atoms with Crippen molar-refractivity contribution in [3.05, 3.63) is 77.5 Å². The van der Waals surface area contributed by atoms with Crippen LogP contribution in [0.4, 0.5) is 0 Å². The third-order valence-electron chi connectivity index (χ3n) is 3.26. The average molecular weight is 293 g/mol. The van der Waals surface area contributed by atoms with Gasteiger partial charge in [0.25, 0.3) is 0 Å². The average Bonchev–Trinajstić information content (AvgIpc) is 3.03. The van der Waals surface area contributed by atoms with E-state index < -0.39 is 0 Å². The summed E-state index contributed by atoms with van der Waals surface area (Å²) >= 11 is 0. The van der Waals surface area contributed by atoms with Crippen molar-refractivity contribution in [3.63, 3.8) is 0 Å². The molecule has 1 aromatic heterocycles. The summed E-state index contributed by atoms with van der Waals surface area (Å²) in [5.41, 5.74) is 3.14. The monoisotopic (exact) mass is 293 g/mol. The number of benzene rings is 2. The second kappa shape index (κ2) is 6.26. The smallest absolute Gasteiger partial charge is 0.338 e. The van der Waals surface area contributed by atoms with Gasteiger partial charge in [0, 0.05) is 11.6 Å². The molecule has 3 rings (SSSR count). The maximum atomic E-state index is 11.9. The minimum absolute atomic E-state index is 0.0864. The summed E-state index contributed by atoms with van der Waals surface area (Å²) in [6.07, 6.45) is 0. The molecule has 0 amide bonds. The van der Waals surface area contributed by atoms with Crippen LogP contribution in [-0.4, -0.2) is 11.1 Å². The first-order valence-corrected chi connectivity index (χ1v) is 6.97. The Bertz CT molecular complexity index is 761. The first-order chi connectivity index (χ1) is 10.7. The lowest BCUT2D eigenvalue weighted by Crippen LogP contribution is -2.05. The first kappa shape index (κ1) is 14.1. The zero-order valence-electron chi connectivity index (χ0n) is 12.2. The lowest BCUT2D eigenvalue weighted by atomic mass is 10.1. The molecule has 0 unspecified atom stereocenters. The number of aryl methyl sites for hydroxylation is 1. The van der Waals surface area contributed by atoms with Gasteiger partial charge in [-0.15, -0.1) is 0 Å². The molecule has 0 spiro atoms. The summed E-state index contributed by atoms with van der Waals surface area (Å²) in [5.74, 6) is 0.284. The number of carbonyl (C=O) groups is 1. The van der Waals surface area contributed by atoms with Gasteiger partial charge in [0.15, 0.2) is 5.76 Å². The van der Waals surface area contributed by atoms with Crippen molar-refractivity contribution in [2.24, 2.45) is 0 Å². The molecule has 4 heteroatoms. The molecule has 0 aliphatic heterocycles. The number of hydrogen-bond acceptors (Lipinski definition) is 4. The number of hydrogen-bond donors (Lipinski definition) is 0. The zero-order valence-corrected chi connectivity index (χ0v) is 12.2. The number of nitrogens with zero attached hydrogens (tertiary/aromatic N) is 1. The van der Waals surface area contributed by atoms with Crippen LogP contribution >= 0.6 is 0 Å². The van der Waals surface area contributed by atoms with E-state index in [4.69, 9.17) is 9.26 Å². The van der Waals surface area contributed by atoms with Gasteiger partial charge in [-0.2, -0.15) is 0 Å². The van der Waals surface area contributed by atoms with Gasteiger partial charge in [-0.05, 0) is 19.1 Å². The van der Waals surface area contributed by atoms with Crippen molar-refractivity contribution in [3.8, 4) is 11.3 Å². The summed E-state index contributed by atoms with van der Waals surface area (Å²) in [7, 11) is 0. The molecular weight excluding hydrogens is 278 g/mol. The fourth-order valence-electron chi connectivity index (χ4n) is 2.03. The molecule has 22 heavy (non-hydrogen) atoms. The predicted octanol–water partition coefficient (Wildman–Crippen LogP) is 4.01. The number of carbonyl (C=O) groups excluding carboxylic acids is 1. The van der Waals surface area contributed by atoms with Crippen molar-refractivity contribution in [1.82, 2.24) is 5.16 Å². The summed E-state index contributed by atoms with van der Waals surface area (Å²) in [6, 6.07) is 18.7. The van der Waals surface area contributed by atoms with Crippen molar-refractivity contribution < 1.29 is 14.1 Å². The van der Waals surface area contributed by atoms with Crippen LogP contribution < -0.4 is 0 Å². The van der Waals surface area contributed by atoms with Crippen LogP contribution in [0, 0.1) is 6.92 Å². The van der Waals surface area contributed by atoms with Crippen LogP contribution in [-0.2, 0) is 11.3 Å². The lowest BCUT2D eigenvalue weighted by molar-refractivity contribution is 0.0464. The van der Waals surface area contributed by atoms with Crippen LogP contribution in [0.25, 0.3) is 11.3 Å². The lowest BCUT2D eigenvalue weighted by Gasteiger charge is -2.02. The van der Waals surface area contributed by atoms with E-state index in [0.29, 0.717) is 17.0 Å². The highest BCUT2D eigenvalue weighted by Crippen LogP contribution is 2.20. The van der Waals surface area contributed by atoms with Gasteiger partial charge >= 0.3 is 5.97 Å². The zero-order chi connectivity index (χ0) is 15.4. The van der Waals surface area contributed by atoms with Gasteiger partial charge in [-0.3, -0.25) is 0 Å². The Balaban J connectivity index is 1.64. The molecule has 3 aromatic rings. The van der Waals surface area contributed by atoms with Gasteiger partial charge in [0.05, 0.1) is 5.56 Å². The van der Waals surface area contributed by atoms with Crippen LogP contribution in [0.5, 0.6) is 0 Å². The predicted molar refractivity (Wildman–Crippen MR) is 82.2 cm³/mol. The molecule has 0 aliphatic rings. The molecule has 4 nitrogen and oxygen atoms in total. The minimum atomic E-state index is -0.371. The molecule has 0 aliphatic carbocycles. The molecule has 0 atom stereocenters. The van der Waals surface area contributed by atoms with Gasteiger partial charge < -0.3 is 9.26 Å². The number of rotatable bonds is 4. The van der Waals surface area contributed by atoms with Crippen LogP contribution in [0.15, 0.2) is 65.2 Å². The molecule has 1 heterocycles. The molecule has 0 saturated carbocycles. The number of ether oxygens (including phenoxy) is 1. The Labute approximate surface area is 128 Å². The molecule has 110 valence electrons. The van der Waals surface area contributed by atoms with Gasteiger partial charge in [-0.25, -0.2) is 4.79 Å². The van der Waals surface area contributed by atoms with E-state index >= 15 is 0 Å². The fraction of sp³-hybridized carbons (Fsp3) is 0.111. The highest BCUT2D eigenvalue weighted by molar-refractivity contribution is 5.89. The maximum absolute atomic E-state index is 11.9. The van der Waals surface area contributed by atoms with Crippen LogP contribution in [0.3, 0.4) is 0 Å². The number of esters is 1. The van der Waals surface area contributed by atoms with Crippen molar-refractivity contribution in [2.45, 2.75) is 13.5 Å². The molecular formula is C18H15NO3. The Hall–Kier alpha value is -2.88. The van der Waals surface area contributed by atoms with Crippen LogP contribution in [0.1, 0.15) is 21.6 Å². The first-order valence-electron chi connectivity index (χ1n) is 6.97. The summed E-state index contributed by atoms with van der Waals surface area (Å²) in [5, 5.41) is 3.92. The fourth-order valence-corrected chi connectivity index (χ4v) is 2.03. The topological polar surface area (TPSA) is 52.3 Å². The summed E-state index contributed by atoms with van der Waals surface area (Å²) < 4.78 is 10.5. The van der Waals surface area contributed by atoms with E-state index in [1.165, 1.54) is 0 Å². The van der Waals surface area contributed by atoms with Crippen molar-refractivity contribution in [1.29, 1.82) is 0 Å². The third kappa shape index (κ3) is 3.23. The highest BCUT2D eigenvalue weighted by atomic mass is 16.5. The second-order valence-electron chi connectivity index (χ2n) is 4.99. The van der Waals surface area contributed by atoms with Crippen molar-refractivity contribution >= 4 is 5.97 Å². The van der Waals surface area contributed by atoms with E-state index in [9.17, 15) is 4.79 Å². The molecule has 0 fully saturated rings. The second-order valence-corrected chi connectivity index (χ2v) is 4.99. The van der Waals surface area contributed by atoms with Gasteiger partial charge in [0.2, 0.25) is 0 Å². The maximum Gasteiger partial charge on any atom is 0.338 e.